The molecule has 0 saturated carbocycles. The van der Waals surface area contributed by atoms with Gasteiger partial charge in [-0.05, 0) is 0 Å². The van der Waals surface area contributed by atoms with Crippen molar-refractivity contribution in [2.45, 2.75) is 6.92 Å². The molecule has 0 aromatic carbocycles. The van der Waals surface area contributed by atoms with Crippen LogP contribution in [0.1, 0.15) is 6.92 Å². The van der Waals surface area contributed by atoms with Gasteiger partial charge in [0.15, 0.2) is 0 Å². The monoisotopic (exact) mass is 256 g/mol. The van der Waals surface area contributed by atoms with Gasteiger partial charge in [0, 0.05) is 5.75 Å². The second kappa shape index (κ2) is 9.86. The highest BCUT2D eigenvalue weighted by Gasteiger charge is 2.26. The molecule has 0 spiro atoms. The molecule has 0 rings (SSSR count). The minimum atomic E-state index is -1.11. The van der Waals surface area contributed by atoms with E-state index in [0.717, 1.165) is 0 Å². The van der Waals surface area contributed by atoms with Crippen molar-refractivity contribution in [3.63, 3.8) is 0 Å². The van der Waals surface area contributed by atoms with Gasteiger partial charge < -0.3 is 25.5 Å². The average molecular weight is 256 g/mol. The van der Waals surface area contributed by atoms with Crippen LogP contribution in [0, 0.1) is 11.3 Å². The molecule has 1 unspecified atom stereocenters. The van der Waals surface area contributed by atoms with Crippen molar-refractivity contribution in [2.24, 2.45) is 11.3 Å². The van der Waals surface area contributed by atoms with Crippen LogP contribution in [0.4, 0.5) is 0 Å². The molecule has 6 nitrogen and oxygen atoms in total. The minimum Gasteiger partial charge on any atom is -0.481 e. The van der Waals surface area contributed by atoms with Crippen LogP contribution in [0.25, 0.3) is 0 Å². The number of aliphatic carboxylic acids is 1. The van der Waals surface area contributed by atoms with Crippen molar-refractivity contribution < 1.29 is 30.3 Å². The number of aliphatic hydroxyl groups is 4. The molecule has 1 atom stereocenters. The molecule has 0 aromatic rings. The second-order valence-electron chi connectivity index (χ2n) is 3.55. The first-order chi connectivity index (χ1) is 7.42. The summed E-state index contributed by atoms with van der Waals surface area (Å²) in [5.74, 6) is -0.687. The molecule has 0 saturated heterocycles. The van der Waals surface area contributed by atoms with E-state index in [1.54, 1.807) is 6.92 Å². The van der Waals surface area contributed by atoms with E-state index >= 15 is 0 Å². The smallest absolute Gasteiger partial charge is 0.307 e. The van der Waals surface area contributed by atoms with E-state index in [1.165, 1.54) is 0 Å². The summed E-state index contributed by atoms with van der Waals surface area (Å²) in [5, 5.41) is 42.1. The van der Waals surface area contributed by atoms with Crippen LogP contribution in [-0.4, -0.2) is 63.7 Å². The van der Waals surface area contributed by atoms with Gasteiger partial charge in [0.05, 0.1) is 37.8 Å². The number of hydrogen-bond donors (Lipinski definition) is 6. The maximum Gasteiger partial charge on any atom is 0.307 e. The third kappa shape index (κ3) is 7.02. The predicted molar refractivity (Wildman–Crippen MR) is 61.4 cm³/mol. The Labute approximate surface area is 100.0 Å². The summed E-state index contributed by atoms with van der Waals surface area (Å²) >= 11 is 3.77. The fourth-order valence-corrected chi connectivity index (χ4v) is 0.534. The fraction of sp³-hybridized carbons (Fsp3) is 0.889. The van der Waals surface area contributed by atoms with E-state index in [2.05, 4.69) is 12.6 Å². The molecule has 0 aromatic heterocycles. The van der Waals surface area contributed by atoms with E-state index < -0.39 is 37.8 Å². The molecular weight excluding hydrogens is 236 g/mol. The zero-order chi connectivity index (χ0) is 13.2. The van der Waals surface area contributed by atoms with Crippen molar-refractivity contribution in [1.82, 2.24) is 0 Å². The van der Waals surface area contributed by atoms with Crippen molar-refractivity contribution in [2.75, 3.05) is 32.2 Å². The molecule has 5 N–H and O–H groups in total. The lowest BCUT2D eigenvalue weighted by atomic mass is 9.93. The molecule has 0 radical (unpaired) electrons. The lowest BCUT2D eigenvalue weighted by Crippen LogP contribution is -2.37. The molecule has 98 valence electrons. The van der Waals surface area contributed by atoms with Crippen molar-refractivity contribution in [1.29, 1.82) is 0 Å². The first-order valence-corrected chi connectivity index (χ1v) is 5.33. The third-order valence-electron chi connectivity index (χ3n) is 2.04. The van der Waals surface area contributed by atoms with Gasteiger partial charge in [0.2, 0.25) is 0 Å². The SMILES string of the molecule is CC(CS)C(=O)O.OCC(CO)(CO)CO. The molecular formula is C9H20O6S. The Morgan fingerprint density at radius 3 is 1.44 bits per heavy atom. The summed E-state index contributed by atoms with van der Waals surface area (Å²) in [7, 11) is 0. The molecule has 0 fully saturated rings. The number of thiol groups is 1. The summed E-state index contributed by atoms with van der Waals surface area (Å²) in [6.07, 6.45) is 0. The summed E-state index contributed by atoms with van der Waals surface area (Å²) < 4.78 is 0. The van der Waals surface area contributed by atoms with E-state index in [4.69, 9.17) is 25.5 Å². The van der Waals surface area contributed by atoms with Crippen LogP contribution in [0.2, 0.25) is 0 Å². The van der Waals surface area contributed by atoms with Gasteiger partial charge in [-0.2, -0.15) is 12.6 Å². The van der Waals surface area contributed by atoms with Crippen molar-refractivity contribution >= 4 is 18.6 Å². The van der Waals surface area contributed by atoms with Crippen LogP contribution < -0.4 is 0 Å². The molecule has 0 aliphatic rings. The number of carboxylic acid groups (broad SMARTS) is 1. The Balaban J connectivity index is 0. The van der Waals surface area contributed by atoms with E-state index in [1.807, 2.05) is 0 Å². The topological polar surface area (TPSA) is 118 Å². The third-order valence-corrected chi connectivity index (χ3v) is 2.58. The molecule has 0 heterocycles. The number of carboxylic acids is 1. The number of carbonyl (C=O) groups is 1. The summed E-state index contributed by atoms with van der Waals surface area (Å²) in [4.78, 5) is 9.88. The summed E-state index contributed by atoms with van der Waals surface area (Å²) in [6, 6.07) is 0. The van der Waals surface area contributed by atoms with Crippen LogP contribution >= 0.6 is 12.6 Å². The average Bonchev–Trinajstić information content (AvgIpc) is 2.32. The predicted octanol–water partition coefficient (Wildman–Crippen LogP) is -1.42. The number of hydrogen-bond acceptors (Lipinski definition) is 6. The normalized spacial score (nSPS) is 12.6. The number of rotatable bonds is 6. The first kappa shape index (κ1) is 18.0. The molecule has 7 heteroatoms. The largest absolute Gasteiger partial charge is 0.481 e. The second-order valence-corrected chi connectivity index (χ2v) is 3.92. The Bertz CT molecular complexity index is 165. The summed E-state index contributed by atoms with van der Waals surface area (Å²) in [6.45, 7) is -0.00463. The molecule has 0 amide bonds. The highest BCUT2D eigenvalue weighted by molar-refractivity contribution is 7.80. The maximum atomic E-state index is 9.88. The van der Waals surface area contributed by atoms with Crippen LogP contribution in [-0.2, 0) is 4.79 Å². The summed E-state index contributed by atoms with van der Waals surface area (Å²) in [5.41, 5.74) is -1.11. The maximum absolute atomic E-state index is 9.88. The highest BCUT2D eigenvalue weighted by atomic mass is 32.1. The lowest BCUT2D eigenvalue weighted by Gasteiger charge is -2.23. The van der Waals surface area contributed by atoms with Crippen molar-refractivity contribution in [3.8, 4) is 0 Å². The fourth-order valence-electron chi connectivity index (χ4n) is 0.378. The van der Waals surface area contributed by atoms with E-state index in [-0.39, 0.29) is 5.92 Å². The van der Waals surface area contributed by atoms with Gasteiger partial charge in [-0.15, -0.1) is 0 Å². The number of aliphatic hydroxyl groups excluding tert-OH is 4. The minimum absolute atomic E-state index is 0.316. The Morgan fingerprint density at radius 2 is 1.44 bits per heavy atom. The van der Waals surface area contributed by atoms with Gasteiger partial charge in [-0.1, -0.05) is 6.92 Å². The van der Waals surface area contributed by atoms with Gasteiger partial charge in [-0.25, -0.2) is 0 Å². The first-order valence-electron chi connectivity index (χ1n) is 4.70. The van der Waals surface area contributed by atoms with Crippen LogP contribution in [0.3, 0.4) is 0 Å². The standard InChI is InChI=1S/C5H12O4.C4H8O2S/c6-1-5(2-7,3-8)4-9;1-3(2-7)4(5)6/h6-9H,1-4H2;3,7H,2H2,1H3,(H,5,6). The zero-order valence-electron chi connectivity index (χ0n) is 9.20. The van der Waals surface area contributed by atoms with Crippen LogP contribution in [0.15, 0.2) is 0 Å². The molecule has 16 heavy (non-hydrogen) atoms. The molecule has 0 aliphatic heterocycles. The zero-order valence-corrected chi connectivity index (χ0v) is 10.1. The molecule has 0 bridgehead atoms. The molecule has 0 aliphatic carbocycles. The van der Waals surface area contributed by atoms with Crippen LogP contribution in [0.5, 0.6) is 0 Å². The quantitative estimate of drug-likeness (QED) is 0.325. The lowest BCUT2D eigenvalue weighted by molar-refractivity contribution is -0.140. The Morgan fingerprint density at radius 1 is 1.12 bits per heavy atom. The van der Waals surface area contributed by atoms with E-state index in [0.29, 0.717) is 5.75 Å². The highest BCUT2D eigenvalue weighted by Crippen LogP contribution is 2.11. The van der Waals surface area contributed by atoms with Gasteiger partial charge in [0.25, 0.3) is 0 Å². The van der Waals surface area contributed by atoms with Gasteiger partial charge in [-0.3, -0.25) is 4.79 Å². The van der Waals surface area contributed by atoms with Crippen molar-refractivity contribution in [3.05, 3.63) is 0 Å². The Hall–Kier alpha value is -0.340. The van der Waals surface area contributed by atoms with Gasteiger partial charge in [0.1, 0.15) is 0 Å². The van der Waals surface area contributed by atoms with E-state index in [9.17, 15) is 4.79 Å². The Kier molecular flexibility index (Phi) is 11.1. The van der Waals surface area contributed by atoms with Gasteiger partial charge >= 0.3 is 5.97 Å².